The summed E-state index contributed by atoms with van der Waals surface area (Å²) >= 11 is 0. The second-order valence-electron chi connectivity index (χ2n) is 4.41. The zero-order valence-corrected chi connectivity index (χ0v) is 15.2. The van der Waals surface area contributed by atoms with Crippen LogP contribution in [0.5, 0.6) is 0 Å². The van der Waals surface area contributed by atoms with Crippen LogP contribution in [0.2, 0.25) is 0 Å². The van der Waals surface area contributed by atoms with Crippen molar-refractivity contribution in [2.45, 2.75) is 26.8 Å². The van der Waals surface area contributed by atoms with E-state index in [-0.39, 0.29) is 29.9 Å². The van der Waals surface area contributed by atoms with Crippen LogP contribution in [0.15, 0.2) is 29.3 Å². The van der Waals surface area contributed by atoms with Gasteiger partial charge in [-0.05, 0) is 31.0 Å². The SMILES string of the molecule is CCCNC(=NC)NCc1cccc(C(=O)NCC)c1.I. The molecule has 0 spiro atoms. The zero-order chi connectivity index (χ0) is 14.8. The molecule has 0 heterocycles. The van der Waals surface area contributed by atoms with E-state index in [2.05, 4.69) is 27.9 Å². The summed E-state index contributed by atoms with van der Waals surface area (Å²) in [4.78, 5) is 15.9. The average molecular weight is 404 g/mol. The summed E-state index contributed by atoms with van der Waals surface area (Å²) in [5, 5.41) is 9.23. The van der Waals surface area contributed by atoms with Crippen LogP contribution in [-0.2, 0) is 6.54 Å². The van der Waals surface area contributed by atoms with E-state index in [1.165, 1.54) is 0 Å². The number of nitrogens with one attached hydrogen (secondary N) is 3. The fourth-order valence-electron chi connectivity index (χ4n) is 1.73. The molecular formula is C15H25IN4O. The molecule has 118 valence electrons. The van der Waals surface area contributed by atoms with Gasteiger partial charge in [0.25, 0.3) is 5.91 Å². The van der Waals surface area contributed by atoms with Crippen molar-refractivity contribution < 1.29 is 4.79 Å². The van der Waals surface area contributed by atoms with Gasteiger partial charge in [-0.15, -0.1) is 24.0 Å². The van der Waals surface area contributed by atoms with E-state index >= 15 is 0 Å². The van der Waals surface area contributed by atoms with Crippen molar-refractivity contribution in [2.75, 3.05) is 20.1 Å². The van der Waals surface area contributed by atoms with Gasteiger partial charge in [-0.1, -0.05) is 19.1 Å². The first-order valence-corrected chi connectivity index (χ1v) is 7.02. The topological polar surface area (TPSA) is 65.5 Å². The first kappa shape index (κ1) is 19.7. The summed E-state index contributed by atoms with van der Waals surface area (Å²) in [5.41, 5.74) is 1.73. The lowest BCUT2D eigenvalue weighted by Gasteiger charge is -2.11. The van der Waals surface area contributed by atoms with Gasteiger partial charge < -0.3 is 16.0 Å². The van der Waals surface area contributed by atoms with Gasteiger partial charge >= 0.3 is 0 Å². The third-order valence-corrected chi connectivity index (χ3v) is 2.75. The van der Waals surface area contributed by atoms with E-state index in [0.717, 1.165) is 24.5 Å². The van der Waals surface area contributed by atoms with Crippen LogP contribution >= 0.6 is 24.0 Å². The molecule has 0 bridgehead atoms. The van der Waals surface area contributed by atoms with Gasteiger partial charge in [-0.25, -0.2) is 0 Å². The third-order valence-electron chi connectivity index (χ3n) is 2.75. The van der Waals surface area contributed by atoms with E-state index in [4.69, 9.17) is 0 Å². The number of hydrogen-bond acceptors (Lipinski definition) is 2. The monoisotopic (exact) mass is 404 g/mol. The molecule has 0 aliphatic heterocycles. The number of carbonyl (C=O) groups excluding carboxylic acids is 1. The Morgan fingerprint density at radius 2 is 1.95 bits per heavy atom. The summed E-state index contributed by atoms with van der Waals surface area (Å²) in [5.74, 6) is 0.734. The first-order valence-electron chi connectivity index (χ1n) is 7.02. The second kappa shape index (κ2) is 11.4. The first-order chi connectivity index (χ1) is 9.71. The molecule has 0 fully saturated rings. The molecule has 0 aliphatic rings. The largest absolute Gasteiger partial charge is 0.356 e. The molecule has 21 heavy (non-hydrogen) atoms. The second-order valence-corrected chi connectivity index (χ2v) is 4.41. The highest BCUT2D eigenvalue weighted by molar-refractivity contribution is 14.0. The van der Waals surface area contributed by atoms with Crippen LogP contribution in [0, 0.1) is 0 Å². The van der Waals surface area contributed by atoms with E-state index < -0.39 is 0 Å². The Balaban J connectivity index is 0.00000400. The molecule has 1 aromatic carbocycles. The van der Waals surface area contributed by atoms with Crippen molar-refractivity contribution in [3.05, 3.63) is 35.4 Å². The van der Waals surface area contributed by atoms with E-state index in [9.17, 15) is 4.79 Å². The molecule has 1 aromatic rings. The number of amides is 1. The molecular weight excluding hydrogens is 379 g/mol. The Labute approximate surface area is 144 Å². The fourth-order valence-corrected chi connectivity index (χ4v) is 1.73. The molecule has 0 unspecified atom stereocenters. The van der Waals surface area contributed by atoms with Crippen LogP contribution in [0.3, 0.4) is 0 Å². The third kappa shape index (κ3) is 7.31. The lowest BCUT2D eigenvalue weighted by molar-refractivity contribution is 0.0955. The molecule has 6 heteroatoms. The highest BCUT2D eigenvalue weighted by Gasteiger charge is 2.05. The number of carbonyl (C=O) groups is 1. The van der Waals surface area contributed by atoms with Crippen LogP contribution in [0.4, 0.5) is 0 Å². The predicted molar refractivity (Wildman–Crippen MR) is 98.4 cm³/mol. The smallest absolute Gasteiger partial charge is 0.251 e. The average Bonchev–Trinajstić information content (AvgIpc) is 2.48. The molecule has 1 amide bonds. The highest BCUT2D eigenvalue weighted by atomic mass is 127. The van der Waals surface area contributed by atoms with Crippen LogP contribution in [-0.4, -0.2) is 32.0 Å². The van der Waals surface area contributed by atoms with Crippen molar-refractivity contribution in [3.63, 3.8) is 0 Å². The number of halogens is 1. The minimum absolute atomic E-state index is 0. The molecule has 1 rings (SSSR count). The molecule has 0 atom stereocenters. The van der Waals surface area contributed by atoms with E-state index in [1.54, 1.807) is 7.05 Å². The lowest BCUT2D eigenvalue weighted by atomic mass is 10.1. The van der Waals surface area contributed by atoms with E-state index in [1.807, 2.05) is 31.2 Å². The van der Waals surface area contributed by atoms with Gasteiger partial charge in [0.15, 0.2) is 5.96 Å². The Kier molecular flexibility index (Phi) is 10.7. The highest BCUT2D eigenvalue weighted by Crippen LogP contribution is 2.05. The van der Waals surface area contributed by atoms with Crippen molar-refractivity contribution >= 4 is 35.8 Å². The van der Waals surface area contributed by atoms with E-state index in [0.29, 0.717) is 18.7 Å². The summed E-state index contributed by atoms with van der Waals surface area (Å²) in [7, 11) is 1.75. The predicted octanol–water partition coefficient (Wildman–Crippen LogP) is 2.13. The molecule has 0 saturated heterocycles. The summed E-state index contributed by atoms with van der Waals surface area (Å²) < 4.78 is 0. The maximum Gasteiger partial charge on any atom is 0.251 e. The summed E-state index contributed by atoms with van der Waals surface area (Å²) in [6.07, 6.45) is 1.05. The van der Waals surface area contributed by atoms with Crippen LogP contribution in [0.25, 0.3) is 0 Å². The number of guanidine groups is 1. The number of hydrogen-bond donors (Lipinski definition) is 3. The number of rotatable bonds is 6. The minimum Gasteiger partial charge on any atom is -0.356 e. The van der Waals surface area contributed by atoms with Crippen LogP contribution < -0.4 is 16.0 Å². The van der Waals surface area contributed by atoms with Crippen molar-refractivity contribution in [1.82, 2.24) is 16.0 Å². The molecule has 0 saturated carbocycles. The number of benzene rings is 1. The molecule has 3 N–H and O–H groups in total. The standard InChI is InChI=1S/C15H24N4O.HI/c1-4-9-18-15(16-3)19-11-12-7-6-8-13(10-12)14(20)17-5-2;/h6-8,10H,4-5,9,11H2,1-3H3,(H,17,20)(H2,16,18,19);1H. The van der Waals surface area contributed by atoms with Gasteiger partial charge in [0.2, 0.25) is 0 Å². The van der Waals surface area contributed by atoms with Gasteiger partial charge in [0.1, 0.15) is 0 Å². The quantitative estimate of drug-likeness (QED) is 0.387. The van der Waals surface area contributed by atoms with Gasteiger partial charge in [0, 0.05) is 32.2 Å². The molecule has 0 aliphatic carbocycles. The van der Waals surface area contributed by atoms with Crippen LogP contribution in [0.1, 0.15) is 36.2 Å². The molecule has 5 nitrogen and oxygen atoms in total. The number of aliphatic imine (C=N–C) groups is 1. The zero-order valence-electron chi connectivity index (χ0n) is 12.9. The van der Waals surface area contributed by atoms with Gasteiger partial charge in [-0.3, -0.25) is 9.79 Å². The molecule has 0 aromatic heterocycles. The fraction of sp³-hybridized carbons (Fsp3) is 0.467. The van der Waals surface area contributed by atoms with Crippen molar-refractivity contribution in [2.24, 2.45) is 4.99 Å². The summed E-state index contributed by atoms with van der Waals surface area (Å²) in [6.45, 7) is 6.17. The van der Waals surface area contributed by atoms with Gasteiger partial charge in [-0.2, -0.15) is 0 Å². The Morgan fingerprint density at radius 1 is 1.19 bits per heavy atom. The Hall–Kier alpha value is -1.31. The minimum atomic E-state index is -0.0390. The maximum atomic E-state index is 11.8. The summed E-state index contributed by atoms with van der Waals surface area (Å²) in [6, 6.07) is 7.59. The van der Waals surface area contributed by atoms with Crippen molar-refractivity contribution in [3.8, 4) is 0 Å². The number of nitrogens with zero attached hydrogens (tertiary/aromatic N) is 1. The lowest BCUT2D eigenvalue weighted by Crippen LogP contribution is -2.37. The van der Waals surface area contributed by atoms with Crippen molar-refractivity contribution in [1.29, 1.82) is 0 Å². The normalized spacial score (nSPS) is 10.5. The Morgan fingerprint density at radius 3 is 2.57 bits per heavy atom. The maximum absolute atomic E-state index is 11.8. The van der Waals surface area contributed by atoms with Gasteiger partial charge in [0.05, 0.1) is 0 Å². The molecule has 0 radical (unpaired) electrons. The Bertz CT molecular complexity index is 463.